The van der Waals surface area contributed by atoms with Crippen molar-refractivity contribution < 1.29 is 27.5 Å². The molecule has 2 aromatic rings. The van der Waals surface area contributed by atoms with Crippen LogP contribution in [0.5, 0.6) is 11.5 Å². The van der Waals surface area contributed by atoms with Gasteiger partial charge in [-0.1, -0.05) is 18.2 Å². The molecule has 0 unspecified atom stereocenters. The SMILES string of the molecule is COc1ccccc1OCCNC(=O)C(=O)Nc1cccc(N2CCCS2(=O)=O)c1. The summed E-state index contributed by atoms with van der Waals surface area (Å²) in [4.78, 5) is 24.1. The number of sulfonamides is 1. The van der Waals surface area contributed by atoms with Crippen LogP contribution < -0.4 is 24.4 Å². The Morgan fingerprint density at radius 3 is 2.53 bits per heavy atom. The number of methoxy groups -OCH3 is 1. The van der Waals surface area contributed by atoms with Crippen LogP contribution >= 0.6 is 0 Å². The zero-order valence-electron chi connectivity index (χ0n) is 16.5. The standard InChI is InChI=1S/C20H23N3O6S/c1-28-17-8-2-3-9-18(17)29-12-10-21-19(24)20(25)22-15-6-4-7-16(14-15)23-11-5-13-30(23,26)27/h2-4,6-9,14H,5,10-13H2,1H3,(H,21,24)(H,22,25). The highest BCUT2D eigenvalue weighted by Gasteiger charge is 2.28. The summed E-state index contributed by atoms with van der Waals surface area (Å²) in [5.74, 6) is -0.469. The molecule has 30 heavy (non-hydrogen) atoms. The molecule has 0 spiro atoms. The third kappa shape index (κ3) is 5.20. The van der Waals surface area contributed by atoms with Gasteiger partial charge in [0.2, 0.25) is 10.0 Å². The molecule has 160 valence electrons. The quantitative estimate of drug-likeness (QED) is 0.504. The Morgan fingerprint density at radius 2 is 1.83 bits per heavy atom. The van der Waals surface area contributed by atoms with Crippen molar-refractivity contribution in [2.75, 3.05) is 42.2 Å². The van der Waals surface area contributed by atoms with Crippen LogP contribution in [0.25, 0.3) is 0 Å². The van der Waals surface area contributed by atoms with Gasteiger partial charge in [0.25, 0.3) is 0 Å². The third-order valence-electron chi connectivity index (χ3n) is 4.41. The number of hydrogen-bond donors (Lipinski definition) is 2. The highest BCUT2D eigenvalue weighted by atomic mass is 32.2. The predicted octanol–water partition coefficient (Wildman–Crippen LogP) is 1.37. The van der Waals surface area contributed by atoms with Crippen LogP contribution in [0.3, 0.4) is 0 Å². The summed E-state index contributed by atoms with van der Waals surface area (Å²) in [7, 11) is -1.80. The molecule has 9 nitrogen and oxygen atoms in total. The zero-order valence-corrected chi connectivity index (χ0v) is 17.3. The number of carbonyl (C=O) groups is 2. The molecule has 0 bridgehead atoms. The van der Waals surface area contributed by atoms with Gasteiger partial charge in [-0.15, -0.1) is 0 Å². The average molecular weight is 433 g/mol. The van der Waals surface area contributed by atoms with Gasteiger partial charge in [0.1, 0.15) is 6.61 Å². The van der Waals surface area contributed by atoms with Crippen molar-refractivity contribution in [2.45, 2.75) is 6.42 Å². The van der Waals surface area contributed by atoms with Crippen molar-refractivity contribution in [3.05, 3.63) is 48.5 Å². The summed E-state index contributed by atoms with van der Waals surface area (Å²) >= 11 is 0. The van der Waals surface area contributed by atoms with Crippen molar-refractivity contribution in [2.24, 2.45) is 0 Å². The van der Waals surface area contributed by atoms with E-state index in [2.05, 4.69) is 10.6 Å². The second-order valence-electron chi connectivity index (χ2n) is 6.50. The van der Waals surface area contributed by atoms with Crippen LogP contribution in [0.4, 0.5) is 11.4 Å². The second-order valence-corrected chi connectivity index (χ2v) is 8.51. The van der Waals surface area contributed by atoms with E-state index in [-0.39, 0.29) is 18.9 Å². The number of carbonyl (C=O) groups excluding carboxylic acids is 2. The minimum absolute atomic E-state index is 0.100. The highest BCUT2D eigenvalue weighted by molar-refractivity contribution is 7.93. The maximum Gasteiger partial charge on any atom is 0.313 e. The lowest BCUT2D eigenvalue weighted by Crippen LogP contribution is -2.37. The number of anilines is 2. The van der Waals surface area contributed by atoms with Gasteiger partial charge in [-0.2, -0.15) is 0 Å². The van der Waals surface area contributed by atoms with Crippen LogP contribution in [0, 0.1) is 0 Å². The predicted molar refractivity (Wildman–Crippen MR) is 112 cm³/mol. The number of ether oxygens (including phenoxy) is 2. The zero-order chi connectivity index (χ0) is 21.6. The summed E-state index contributed by atoms with van der Waals surface area (Å²) in [6.07, 6.45) is 0.554. The molecule has 0 saturated carbocycles. The summed E-state index contributed by atoms with van der Waals surface area (Å²) < 4.78 is 36.1. The van der Waals surface area contributed by atoms with E-state index >= 15 is 0 Å². The molecule has 2 N–H and O–H groups in total. The molecule has 0 radical (unpaired) electrons. The molecule has 1 fully saturated rings. The molecule has 10 heteroatoms. The number of amides is 2. The van der Waals surface area contributed by atoms with Crippen molar-refractivity contribution in [3.8, 4) is 11.5 Å². The monoisotopic (exact) mass is 433 g/mol. The minimum Gasteiger partial charge on any atom is -0.493 e. The molecule has 3 rings (SSSR count). The Labute approximate surface area is 175 Å². The van der Waals surface area contributed by atoms with Gasteiger partial charge in [0, 0.05) is 12.2 Å². The molecule has 2 aromatic carbocycles. The molecule has 1 aliphatic heterocycles. The van der Waals surface area contributed by atoms with Gasteiger partial charge < -0.3 is 20.1 Å². The van der Waals surface area contributed by atoms with E-state index in [1.54, 1.807) is 36.4 Å². The van der Waals surface area contributed by atoms with Crippen LogP contribution in [0.2, 0.25) is 0 Å². The Bertz CT molecular complexity index is 1020. The fourth-order valence-corrected chi connectivity index (χ4v) is 4.56. The molecule has 0 atom stereocenters. The van der Waals surface area contributed by atoms with E-state index in [1.165, 1.54) is 17.5 Å². The van der Waals surface area contributed by atoms with E-state index in [0.717, 1.165) is 0 Å². The summed E-state index contributed by atoms with van der Waals surface area (Å²) in [5.41, 5.74) is 0.788. The van der Waals surface area contributed by atoms with E-state index in [9.17, 15) is 18.0 Å². The van der Waals surface area contributed by atoms with Gasteiger partial charge >= 0.3 is 11.8 Å². The highest BCUT2D eigenvalue weighted by Crippen LogP contribution is 2.27. The first-order valence-electron chi connectivity index (χ1n) is 9.36. The lowest BCUT2D eigenvalue weighted by atomic mass is 10.2. The molecule has 1 heterocycles. The first-order valence-corrected chi connectivity index (χ1v) is 11.0. The summed E-state index contributed by atoms with van der Waals surface area (Å²) in [6.45, 7) is 0.671. The minimum atomic E-state index is -3.33. The molecular weight excluding hydrogens is 410 g/mol. The number of para-hydroxylation sites is 2. The fourth-order valence-electron chi connectivity index (χ4n) is 3.00. The fraction of sp³-hybridized carbons (Fsp3) is 0.300. The average Bonchev–Trinajstić information content (AvgIpc) is 3.10. The van der Waals surface area contributed by atoms with Crippen molar-refractivity contribution in [1.29, 1.82) is 0 Å². The number of rotatable bonds is 7. The molecular formula is C20H23N3O6S. The topological polar surface area (TPSA) is 114 Å². The van der Waals surface area contributed by atoms with E-state index < -0.39 is 21.8 Å². The van der Waals surface area contributed by atoms with Gasteiger partial charge in [-0.3, -0.25) is 13.9 Å². The molecule has 0 aromatic heterocycles. The van der Waals surface area contributed by atoms with Crippen LogP contribution in [-0.4, -0.2) is 52.8 Å². The Kier molecular flexibility index (Phi) is 6.78. The summed E-state index contributed by atoms with van der Waals surface area (Å²) in [5, 5.41) is 4.95. The largest absolute Gasteiger partial charge is 0.493 e. The second kappa shape index (κ2) is 9.49. The van der Waals surface area contributed by atoms with Crippen LogP contribution in [-0.2, 0) is 19.6 Å². The maximum absolute atomic E-state index is 12.1. The number of nitrogens with one attached hydrogen (secondary N) is 2. The molecule has 1 saturated heterocycles. The van der Waals surface area contributed by atoms with Gasteiger partial charge in [-0.25, -0.2) is 8.42 Å². The Morgan fingerprint density at radius 1 is 1.07 bits per heavy atom. The van der Waals surface area contributed by atoms with E-state index in [0.29, 0.717) is 35.8 Å². The van der Waals surface area contributed by atoms with Crippen molar-refractivity contribution >= 4 is 33.2 Å². The van der Waals surface area contributed by atoms with E-state index in [1.807, 2.05) is 6.07 Å². The Hall–Kier alpha value is -3.27. The summed E-state index contributed by atoms with van der Waals surface area (Å²) in [6, 6.07) is 13.5. The molecule has 0 aliphatic carbocycles. The van der Waals surface area contributed by atoms with Gasteiger partial charge in [0.15, 0.2) is 11.5 Å². The lowest BCUT2D eigenvalue weighted by molar-refractivity contribution is -0.136. The number of hydrogen-bond acceptors (Lipinski definition) is 6. The van der Waals surface area contributed by atoms with Crippen LogP contribution in [0.1, 0.15) is 6.42 Å². The molecule has 2 amide bonds. The number of benzene rings is 2. The van der Waals surface area contributed by atoms with Crippen molar-refractivity contribution in [1.82, 2.24) is 5.32 Å². The smallest absolute Gasteiger partial charge is 0.313 e. The molecule has 1 aliphatic rings. The van der Waals surface area contributed by atoms with Gasteiger partial charge in [0.05, 0.1) is 25.1 Å². The van der Waals surface area contributed by atoms with E-state index in [4.69, 9.17) is 9.47 Å². The normalized spacial score (nSPS) is 14.8. The van der Waals surface area contributed by atoms with Crippen molar-refractivity contribution in [3.63, 3.8) is 0 Å². The van der Waals surface area contributed by atoms with Gasteiger partial charge in [-0.05, 0) is 36.8 Å². The first kappa shape index (κ1) is 21.4. The maximum atomic E-state index is 12.1. The van der Waals surface area contributed by atoms with Crippen LogP contribution in [0.15, 0.2) is 48.5 Å². The number of nitrogens with zero attached hydrogens (tertiary/aromatic N) is 1. The first-order chi connectivity index (χ1) is 14.4. The Balaban J connectivity index is 1.50. The lowest BCUT2D eigenvalue weighted by Gasteiger charge is -2.17. The third-order valence-corrected chi connectivity index (χ3v) is 6.28.